The third-order valence-electron chi connectivity index (χ3n) is 2.61. The molecule has 2 aromatic heterocycles. The molecule has 7 heteroatoms. The Hall–Kier alpha value is -2.15. The molecule has 0 bridgehead atoms. The number of hydrogen-bond donors (Lipinski definition) is 0. The highest BCUT2D eigenvalue weighted by molar-refractivity contribution is 7.98. The average molecular weight is 272 g/mol. The molecular weight excluding hydrogens is 260 g/mol. The Morgan fingerprint density at radius 2 is 2.05 bits per heavy atom. The van der Waals surface area contributed by atoms with Crippen LogP contribution in [-0.2, 0) is 12.8 Å². The molecule has 6 nitrogen and oxygen atoms in total. The average Bonchev–Trinajstić information content (AvgIpc) is 3.06. The minimum Gasteiger partial charge on any atom is -0.241 e. The van der Waals surface area contributed by atoms with E-state index in [2.05, 4.69) is 20.6 Å². The highest BCUT2D eigenvalue weighted by atomic mass is 32.2. The summed E-state index contributed by atoms with van der Waals surface area (Å²) in [7, 11) is 1.83. The molecule has 0 amide bonds. The summed E-state index contributed by atoms with van der Waals surface area (Å²) < 4.78 is 3.52. The van der Waals surface area contributed by atoms with E-state index in [-0.39, 0.29) is 0 Å². The van der Waals surface area contributed by atoms with E-state index in [4.69, 9.17) is 0 Å². The first-order valence-corrected chi connectivity index (χ1v) is 6.75. The summed E-state index contributed by atoms with van der Waals surface area (Å²) in [6.45, 7) is 0. The van der Waals surface area contributed by atoms with Crippen LogP contribution in [0.2, 0.25) is 0 Å². The zero-order chi connectivity index (χ0) is 13.1. The summed E-state index contributed by atoms with van der Waals surface area (Å²) in [5.41, 5.74) is 2.19. The van der Waals surface area contributed by atoms with Crippen LogP contribution >= 0.6 is 11.8 Å². The third kappa shape index (κ3) is 2.65. The molecule has 3 rings (SSSR count). The molecule has 96 valence electrons. The summed E-state index contributed by atoms with van der Waals surface area (Å²) >= 11 is 1.59. The second-order valence-corrected chi connectivity index (χ2v) is 4.94. The maximum absolute atomic E-state index is 4.35. The molecule has 0 fully saturated rings. The van der Waals surface area contributed by atoms with Gasteiger partial charge in [0.15, 0.2) is 0 Å². The Morgan fingerprint density at radius 1 is 1.21 bits per heavy atom. The lowest BCUT2D eigenvalue weighted by molar-refractivity contribution is 0.664. The van der Waals surface area contributed by atoms with Gasteiger partial charge in [-0.25, -0.2) is 9.36 Å². The van der Waals surface area contributed by atoms with E-state index < -0.39 is 0 Å². The van der Waals surface area contributed by atoms with Gasteiger partial charge in [0.2, 0.25) is 5.16 Å². The van der Waals surface area contributed by atoms with Crippen LogP contribution in [0.5, 0.6) is 0 Å². The van der Waals surface area contributed by atoms with Gasteiger partial charge >= 0.3 is 0 Å². The van der Waals surface area contributed by atoms with Crippen molar-refractivity contribution in [1.82, 2.24) is 30.0 Å². The van der Waals surface area contributed by atoms with Crippen molar-refractivity contribution in [1.29, 1.82) is 0 Å². The number of para-hydroxylation sites is 1. The molecule has 0 N–H and O–H groups in total. The highest BCUT2D eigenvalue weighted by Gasteiger charge is 2.05. The maximum Gasteiger partial charge on any atom is 0.209 e. The van der Waals surface area contributed by atoms with Gasteiger partial charge < -0.3 is 0 Å². The van der Waals surface area contributed by atoms with E-state index in [1.807, 2.05) is 54.5 Å². The predicted octanol–water partition coefficient (Wildman–Crippen LogP) is 1.69. The fraction of sp³-hybridized carbons (Fsp3) is 0.167. The van der Waals surface area contributed by atoms with Crippen LogP contribution in [-0.4, -0.2) is 30.0 Å². The van der Waals surface area contributed by atoms with Crippen molar-refractivity contribution >= 4 is 11.8 Å². The van der Waals surface area contributed by atoms with Crippen molar-refractivity contribution in [3.05, 3.63) is 48.3 Å². The molecule has 0 aliphatic heterocycles. The Labute approximate surface area is 114 Å². The first-order chi connectivity index (χ1) is 9.33. The van der Waals surface area contributed by atoms with Gasteiger partial charge in [0, 0.05) is 24.6 Å². The second kappa shape index (κ2) is 5.23. The first kappa shape index (κ1) is 11.9. The zero-order valence-electron chi connectivity index (χ0n) is 10.3. The minimum atomic E-state index is 0.793. The Bertz CT molecular complexity index is 660. The van der Waals surface area contributed by atoms with E-state index in [1.54, 1.807) is 16.4 Å². The van der Waals surface area contributed by atoms with Crippen LogP contribution in [0.3, 0.4) is 0 Å². The Morgan fingerprint density at radius 3 is 2.79 bits per heavy atom. The van der Waals surface area contributed by atoms with Crippen molar-refractivity contribution in [3.63, 3.8) is 0 Å². The molecule has 0 saturated heterocycles. The molecule has 0 unspecified atom stereocenters. The van der Waals surface area contributed by atoms with Crippen molar-refractivity contribution in [2.45, 2.75) is 10.9 Å². The van der Waals surface area contributed by atoms with Gasteiger partial charge in [-0.15, -0.1) is 5.10 Å². The molecule has 1 aromatic carbocycles. The lowest BCUT2D eigenvalue weighted by Crippen LogP contribution is -1.93. The number of tetrazole rings is 1. The molecule has 0 aliphatic carbocycles. The van der Waals surface area contributed by atoms with Gasteiger partial charge in [-0.2, -0.15) is 5.10 Å². The molecule has 0 spiro atoms. The Kier molecular flexibility index (Phi) is 3.28. The quantitative estimate of drug-likeness (QED) is 0.676. The fourth-order valence-electron chi connectivity index (χ4n) is 1.65. The van der Waals surface area contributed by atoms with Gasteiger partial charge in [-0.3, -0.25) is 0 Å². The zero-order valence-corrected chi connectivity index (χ0v) is 11.2. The van der Waals surface area contributed by atoms with E-state index in [0.717, 1.165) is 22.2 Å². The Balaban J connectivity index is 1.70. The number of rotatable bonds is 4. The van der Waals surface area contributed by atoms with Crippen molar-refractivity contribution in [2.75, 3.05) is 0 Å². The van der Waals surface area contributed by atoms with Crippen LogP contribution in [0.4, 0.5) is 0 Å². The van der Waals surface area contributed by atoms with Crippen molar-refractivity contribution < 1.29 is 0 Å². The lowest BCUT2D eigenvalue weighted by atomic mass is 10.3. The topological polar surface area (TPSA) is 61.4 Å². The van der Waals surface area contributed by atoms with Crippen molar-refractivity contribution in [2.24, 2.45) is 7.05 Å². The molecule has 0 radical (unpaired) electrons. The summed E-state index contributed by atoms with van der Waals surface area (Å²) in [4.78, 5) is 0. The highest BCUT2D eigenvalue weighted by Crippen LogP contribution is 2.19. The van der Waals surface area contributed by atoms with Gasteiger partial charge in [0.25, 0.3) is 0 Å². The van der Waals surface area contributed by atoms with Crippen LogP contribution in [0, 0.1) is 0 Å². The summed E-state index contributed by atoms with van der Waals surface area (Å²) in [6.07, 6.45) is 3.88. The molecule has 0 saturated carbocycles. The third-order valence-corrected chi connectivity index (χ3v) is 3.69. The summed E-state index contributed by atoms with van der Waals surface area (Å²) in [6, 6.07) is 10.0. The number of nitrogens with zero attached hydrogens (tertiary/aromatic N) is 6. The van der Waals surface area contributed by atoms with Crippen LogP contribution in [0.1, 0.15) is 5.56 Å². The molecule has 3 aromatic rings. The van der Waals surface area contributed by atoms with Crippen LogP contribution in [0.25, 0.3) is 5.69 Å². The lowest BCUT2D eigenvalue weighted by Gasteiger charge is -1.99. The SMILES string of the molecule is Cn1nnnc1SCc1cnn(-c2ccccc2)c1. The number of aryl methyl sites for hydroxylation is 1. The predicted molar refractivity (Wildman–Crippen MR) is 71.9 cm³/mol. The normalized spacial score (nSPS) is 10.8. The fourth-order valence-corrected chi connectivity index (χ4v) is 2.41. The molecular formula is C12H12N6S. The second-order valence-electron chi connectivity index (χ2n) is 4.00. The first-order valence-electron chi connectivity index (χ1n) is 5.77. The van der Waals surface area contributed by atoms with Crippen LogP contribution < -0.4 is 0 Å². The summed E-state index contributed by atoms with van der Waals surface area (Å²) in [5.74, 6) is 0.793. The largest absolute Gasteiger partial charge is 0.241 e. The van der Waals surface area contributed by atoms with Gasteiger partial charge in [0.1, 0.15) is 0 Å². The number of thioether (sulfide) groups is 1. The smallest absolute Gasteiger partial charge is 0.209 e. The molecule has 0 atom stereocenters. The summed E-state index contributed by atoms with van der Waals surface area (Å²) in [5, 5.41) is 16.5. The van der Waals surface area contributed by atoms with Gasteiger partial charge in [-0.1, -0.05) is 30.0 Å². The van der Waals surface area contributed by atoms with E-state index in [1.165, 1.54) is 0 Å². The van der Waals surface area contributed by atoms with Gasteiger partial charge in [-0.05, 0) is 22.6 Å². The van der Waals surface area contributed by atoms with E-state index >= 15 is 0 Å². The van der Waals surface area contributed by atoms with E-state index in [9.17, 15) is 0 Å². The standard InChI is InChI=1S/C12H12N6S/c1-17-12(14-15-16-17)19-9-10-7-13-18(8-10)11-5-3-2-4-6-11/h2-8H,9H2,1H3. The van der Waals surface area contributed by atoms with Crippen molar-refractivity contribution in [3.8, 4) is 5.69 Å². The minimum absolute atomic E-state index is 0.793. The monoisotopic (exact) mass is 272 g/mol. The maximum atomic E-state index is 4.35. The number of hydrogen-bond acceptors (Lipinski definition) is 5. The molecule has 0 aliphatic rings. The van der Waals surface area contributed by atoms with Gasteiger partial charge in [0.05, 0.1) is 11.9 Å². The van der Waals surface area contributed by atoms with Crippen LogP contribution in [0.15, 0.2) is 47.9 Å². The molecule has 2 heterocycles. The molecule has 19 heavy (non-hydrogen) atoms. The number of benzene rings is 1. The van der Waals surface area contributed by atoms with E-state index in [0.29, 0.717) is 0 Å². The number of aromatic nitrogens is 6.